The van der Waals surface area contributed by atoms with E-state index in [1.54, 1.807) is 6.07 Å². The molecule has 0 aliphatic rings. The SMILES string of the molecule is Fc1ccc(C(Cl)c2ccc(Br)cc2F)c(F)c1. The lowest BCUT2D eigenvalue weighted by Gasteiger charge is -2.12. The first-order valence-corrected chi connectivity index (χ1v) is 6.26. The fraction of sp³-hybridized carbons (Fsp3) is 0.0769. The second kappa shape index (κ2) is 5.33. The highest BCUT2D eigenvalue weighted by molar-refractivity contribution is 9.10. The van der Waals surface area contributed by atoms with Gasteiger partial charge in [-0.3, -0.25) is 0 Å². The van der Waals surface area contributed by atoms with Gasteiger partial charge in [-0.2, -0.15) is 0 Å². The van der Waals surface area contributed by atoms with Gasteiger partial charge < -0.3 is 0 Å². The Labute approximate surface area is 116 Å². The smallest absolute Gasteiger partial charge is 0.131 e. The van der Waals surface area contributed by atoms with Crippen LogP contribution in [0.2, 0.25) is 0 Å². The van der Waals surface area contributed by atoms with Crippen LogP contribution in [0.4, 0.5) is 13.2 Å². The molecule has 1 unspecified atom stereocenters. The van der Waals surface area contributed by atoms with Crippen molar-refractivity contribution in [2.75, 3.05) is 0 Å². The predicted molar refractivity (Wildman–Crippen MR) is 68.2 cm³/mol. The molecular formula is C13H7BrClF3. The molecule has 2 rings (SSSR count). The van der Waals surface area contributed by atoms with Gasteiger partial charge in [-0.1, -0.05) is 28.1 Å². The van der Waals surface area contributed by atoms with E-state index < -0.39 is 22.8 Å². The molecule has 0 aliphatic carbocycles. The Morgan fingerprint density at radius 2 is 1.44 bits per heavy atom. The molecule has 0 aliphatic heterocycles. The Morgan fingerprint density at radius 1 is 0.889 bits per heavy atom. The zero-order chi connectivity index (χ0) is 13.3. The van der Waals surface area contributed by atoms with Crippen molar-refractivity contribution >= 4 is 27.5 Å². The van der Waals surface area contributed by atoms with Crippen molar-refractivity contribution in [3.05, 3.63) is 69.4 Å². The molecule has 0 spiro atoms. The second-order valence-electron chi connectivity index (χ2n) is 3.69. The third-order valence-corrected chi connectivity index (χ3v) is 3.43. The molecule has 0 heterocycles. The highest BCUT2D eigenvalue weighted by atomic mass is 79.9. The minimum absolute atomic E-state index is 0.0410. The van der Waals surface area contributed by atoms with Gasteiger partial charge in [-0.15, -0.1) is 11.6 Å². The monoisotopic (exact) mass is 334 g/mol. The molecule has 1 atom stereocenters. The van der Waals surface area contributed by atoms with Gasteiger partial charge in [0, 0.05) is 21.7 Å². The normalized spacial score (nSPS) is 12.5. The van der Waals surface area contributed by atoms with Crippen molar-refractivity contribution in [2.24, 2.45) is 0 Å². The van der Waals surface area contributed by atoms with E-state index in [1.165, 1.54) is 18.2 Å². The minimum Gasteiger partial charge on any atom is -0.207 e. The highest BCUT2D eigenvalue weighted by Crippen LogP contribution is 2.33. The maximum Gasteiger partial charge on any atom is 0.131 e. The summed E-state index contributed by atoms with van der Waals surface area (Å²) in [4.78, 5) is 0. The zero-order valence-electron chi connectivity index (χ0n) is 8.93. The minimum atomic E-state index is -1.00. The fourth-order valence-corrected chi connectivity index (χ4v) is 2.27. The van der Waals surface area contributed by atoms with E-state index in [2.05, 4.69) is 15.9 Å². The summed E-state index contributed by atoms with van der Waals surface area (Å²) in [5, 5.41) is -1.00. The Bertz CT molecular complexity index is 535. The standard InChI is InChI=1S/C13H7BrClF3/c14-7-1-3-9(11(17)5-7)13(15)10-4-2-8(16)6-12(10)18/h1-6,13H. The highest BCUT2D eigenvalue weighted by Gasteiger charge is 2.19. The Morgan fingerprint density at radius 3 is 2.00 bits per heavy atom. The van der Waals surface area contributed by atoms with Crippen molar-refractivity contribution < 1.29 is 13.2 Å². The number of hydrogen-bond acceptors (Lipinski definition) is 0. The van der Waals surface area contributed by atoms with Gasteiger partial charge >= 0.3 is 0 Å². The molecule has 0 N–H and O–H groups in total. The van der Waals surface area contributed by atoms with Crippen molar-refractivity contribution in [3.63, 3.8) is 0 Å². The summed E-state index contributed by atoms with van der Waals surface area (Å²) in [5.74, 6) is -2.04. The number of rotatable bonds is 2. The lowest BCUT2D eigenvalue weighted by Crippen LogP contribution is -2.00. The predicted octanol–water partition coefficient (Wildman–Crippen LogP) is 5.19. The third-order valence-electron chi connectivity index (χ3n) is 2.47. The van der Waals surface area contributed by atoms with Crippen LogP contribution >= 0.6 is 27.5 Å². The number of halogens is 5. The summed E-state index contributed by atoms with van der Waals surface area (Å²) >= 11 is 9.15. The Hall–Kier alpha value is -1.00. The van der Waals surface area contributed by atoms with Crippen molar-refractivity contribution in [1.29, 1.82) is 0 Å². The quantitative estimate of drug-likeness (QED) is 0.662. The molecule has 5 heteroatoms. The van der Waals surface area contributed by atoms with Gasteiger partial charge in [0.1, 0.15) is 17.5 Å². The third kappa shape index (κ3) is 2.70. The van der Waals surface area contributed by atoms with Crippen LogP contribution in [0.3, 0.4) is 0 Å². The zero-order valence-corrected chi connectivity index (χ0v) is 11.3. The van der Waals surface area contributed by atoms with E-state index >= 15 is 0 Å². The van der Waals surface area contributed by atoms with E-state index in [4.69, 9.17) is 11.6 Å². The Kier molecular flexibility index (Phi) is 3.97. The van der Waals surface area contributed by atoms with Gasteiger partial charge in [0.15, 0.2) is 0 Å². The number of hydrogen-bond donors (Lipinski definition) is 0. The first-order chi connectivity index (χ1) is 8.49. The van der Waals surface area contributed by atoms with Crippen LogP contribution in [0, 0.1) is 17.5 Å². The summed E-state index contributed by atoms with van der Waals surface area (Å²) in [6.45, 7) is 0. The summed E-state index contributed by atoms with van der Waals surface area (Å²) in [6, 6.07) is 7.33. The van der Waals surface area contributed by atoms with Gasteiger partial charge in [0.2, 0.25) is 0 Å². The van der Waals surface area contributed by atoms with E-state index in [0.717, 1.165) is 12.1 Å². The van der Waals surface area contributed by atoms with Crippen LogP contribution in [0.5, 0.6) is 0 Å². The average Bonchev–Trinajstić information content (AvgIpc) is 2.28. The lowest BCUT2D eigenvalue weighted by atomic mass is 10.0. The van der Waals surface area contributed by atoms with Crippen molar-refractivity contribution in [2.45, 2.75) is 5.38 Å². The second-order valence-corrected chi connectivity index (χ2v) is 5.05. The first kappa shape index (κ1) is 13.4. The van der Waals surface area contributed by atoms with Gasteiger partial charge in [0.25, 0.3) is 0 Å². The topological polar surface area (TPSA) is 0 Å². The number of alkyl halides is 1. The molecule has 0 saturated heterocycles. The van der Waals surface area contributed by atoms with E-state index in [-0.39, 0.29) is 11.1 Å². The fourth-order valence-electron chi connectivity index (χ4n) is 1.58. The van der Waals surface area contributed by atoms with E-state index in [1.807, 2.05) is 0 Å². The van der Waals surface area contributed by atoms with Gasteiger partial charge in [0.05, 0.1) is 5.38 Å². The van der Waals surface area contributed by atoms with Gasteiger partial charge in [-0.05, 0) is 18.2 Å². The van der Waals surface area contributed by atoms with Crippen LogP contribution in [0.15, 0.2) is 40.9 Å². The van der Waals surface area contributed by atoms with Crippen LogP contribution in [0.1, 0.15) is 16.5 Å². The molecule has 18 heavy (non-hydrogen) atoms. The molecule has 2 aromatic carbocycles. The largest absolute Gasteiger partial charge is 0.207 e. The molecule has 2 aromatic rings. The van der Waals surface area contributed by atoms with Crippen molar-refractivity contribution in [1.82, 2.24) is 0 Å². The molecule has 0 radical (unpaired) electrons. The van der Waals surface area contributed by atoms with Crippen molar-refractivity contribution in [3.8, 4) is 0 Å². The average molecular weight is 336 g/mol. The molecule has 0 bridgehead atoms. The van der Waals surface area contributed by atoms with Crippen LogP contribution in [-0.4, -0.2) is 0 Å². The lowest BCUT2D eigenvalue weighted by molar-refractivity contribution is 0.569. The number of benzene rings is 2. The molecule has 0 fully saturated rings. The molecule has 0 saturated carbocycles. The summed E-state index contributed by atoms with van der Waals surface area (Å²) in [7, 11) is 0. The molecule has 0 aromatic heterocycles. The summed E-state index contributed by atoms with van der Waals surface area (Å²) < 4.78 is 40.6. The maximum absolute atomic E-state index is 13.7. The molecule has 0 amide bonds. The maximum atomic E-state index is 13.7. The first-order valence-electron chi connectivity index (χ1n) is 5.03. The Balaban J connectivity index is 2.44. The van der Waals surface area contributed by atoms with Crippen LogP contribution in [0.25, 0.3) is 0 Å². The summed E-state index contributed by atoms with van der Waals surface area (Å²) in [5.41, 5.74) is 0.185. The van der Waals surface area contributed by atoms with Crippen LogP contribution in [-0.2, 0) is 0 Å². The molecule has 94 valence electrons. The van der Waals surface area contributed by atoms with Gasteiger partial charge in [-0.25, -0.2) is 13.2 Å². The molecule has 0 nitrogen and oxygen atoms in total. The molecular weight excluding hydrogens is 328 g/mol. The van der Waals surface area contributed by atoms with E-state index in [9.17, 15) is 13.2 Å². The van der Waals surface area contributed by atoms with E-state index in [0.29, 0.717) is 4.47 Å². The van der Waals surface area contributed by atoms with Crippen LogP contribution < -0.4 is 0 Å². The summed E-state index contributed by atoms with van der Waals surface area (Å²) in [6.07, 6.45) is 0.